The Labute approximate surface area is 144 Å². The molecule has 3 rings (SSSR count). The number of halogens is 2. The van der Waals surface area contributed by atoms with Crippen molar-refractivity contribution >= 4 is 23.4 Å². The lowest BCUT2D eigenvalue weighted by molar-refractivity contribution is -0.130. The molecule has 24 heavy (non-hydrogen) atoms. The number of fused-ring (bicyclic) bond motifs is 1. The van der Waals surface area contributed by atoms with Crippen molar-refractivity contribution in [2.75, 3.05) is 18.4 Å². The first-order chi connectivity index (χ1) is 11.6. The number of carbonyl (C=O) groups excluding carboxylic acids is 1. The zero-order valence-electron chi connectivity index (χ0n) is 13.0. The van der Waals surface area contributed by atoms with Crippen LogP contribution in [-0.4, -0.2) is 29.7 Å². The van der Waals surface area contributed by atoms with Crippen LogP contribution in [0.25, 0.3) is 0 Å². The van der Waals surface area contributed by atoms with Crippen LogP contribution in [0.15, 0.2) is 53.4 Å². The fraction of sp³-hybridized carbons (Fsp3) is 0.278. The third-order valence-corrected chi connectivity index (χ3v) is 4.73. The number of amides is 1. The Morgan fingerprint density at radius 1 is 1.12 bits per heavy atom. The number of carbonyl (C=O) groups is 1. The summed E-state index contributed by atoms with van der Waals surface area (Å²) >= 11 is 0.511. The molecule has 0 spiro atoms. The molecule has 1 aliphatic rings. The zero-order chi connectivity index (χ0) is 16.9. The van der Waals surface area contributed by atoms with Gasteiger partial charge in [0, 0.05) is 23.7 Å². The molecule has 0 saturated heterocycles. The van der Waals surface area contributed by atoms with Gasteiger partial charge in [-0.05, 0) is 41.8 Å². The number of nitrogens with zero attached hydrogens (tertiary/aromatic N) is 1. The van der Waals surface area contributed by atoms with Gasteiger partial charge >= 0.3 is 0 Å². The smallest absolute Gasteiger partial charge is 0.288 e. The van der Waals surface area contributed by atoms with Gasteiger partial charge in [0.2, 0.25) is 5.91 Å². The fourth-order valence-electron chi connectivity index (χ4n) is 2.75. The van der Waals surface area contributed by atoms with Crippen LogP contribution in [0.1, 0.15) is 11.1 Å². The van der Waals surface area contributed by atoms with Crippen LogP contribution in [0, 0.1) is 0 Å². The van der Waals surface area contributed by atoms with Crippen LogP contribution in [0.5, 0.6) is 0 Å². The van der Waals surface area contributed by atoms with Gasteiger partial charge in [-0.2, -0.15) is 8.78 Å². The summed E-state index contributed by atoms with van der Waals surface area (Å²) in [6.45, 7) is 1.56. The molecule has 0 radical (unpaired) electrons. The largest absolute Gasteiger partial charge is 0.376 e. The molecule has 1 aliphatic heterocycles. The molecule has 0 aliphatic carbocycles. The first-order valence-electron chi connectivity index (χ1n) is 7.75. The quantitative estimate of drug-likeness (QED) is 0.829. The molecule has 0 bridgehead atoms. The fourth-order valence-corrected chi connectivity index (χ4v) is 3.25. The van der Waals surface area contributed by atoms with Gasteiger partial charge in [0.25, 0.3) is 5.76 Å². The summed E-state index contributed by atoms with van der Waals surface area (Å²) in [5.74, 6) is -2.39. The Morgan fingerprint density at radius 3 is 2.54 bits per heavy atom. The molecule has 3 nitrogen and oxygen atoms in total. The third kappa shape index (κ3) is 4.26. The predicted molar refractivity (Wildman–Crippen MR) is 92.4 cm³/mol. The number of alkyl halides is 2. The molecule has 2 aromatic carbocycles. The summed E-state index contributed by atoms with van der Waals surface area (Å²) in [5.41, 5.74) is 3.26. The molecular formula is C18H18F2N2OS. The lowest BCUT2D eigenvalue weighted by Crippen LogP contribution is -2.39. The van der Waals surface area contributed by atoms with E-state index in [1.807, 2.05) is 17.0 Å². The molecule has 0 aromatic heterocycles. The van der Waals surface area contributed by atoms with Gasteiger partial charge in [0.15, 0.2) is 0 Å². The van der Waals surface area contributed by atoms with E-state index in [2.05, 4.69) is 17.4 Å². The highest BCUT2D eigenvalue weighted by Gasteiger charge is 2.19. The number of nitrogens with one attached hydrogen (secondary N) is 1. The van der Waals surface area contributed by atoms with E-state index in [9.17, 15) is 13.6 Å². The third-order valence-electron chi connectivity index (χ3n) is 4.01. The van der Waals surface area contributed by atoms with E-state index in [-0.39, 0.29) is 12.5 Å². The van der Waals surface area contributed by atoms with Crippen molar-refractivity contribution in [1.82, 2.24) is 4.90 Å². The number of benzene rings is 2. The molecule has 1 heterocycles. The van der Waals surface area contributed by atoms with Crippen LogP contribution < -0.4 is 5.32 Å². The monoisotopic (exact) mass is 348 g/mol. The standard InChI is InChI=1S/C18H18F2N2OS/c19-18(20)24-16-7-5-15(6-8-16)21-11-17(23)22-10-9-13-3-1-2-4-14(13)12-22/h1-8,18,21H,9-12H2. The van der Waals surface area contributed by atoms with Crippen molar-refractivity contribution in [2.24, 2.45) is 0 Å². The van der Waals surface area contributed by atoms with Gasteiger partial charge in [0.1, 0.15) is 0 Å². The topological polar surface area (TPSA) is 32.3 Å². The first-order valence-corrected chi connectivity index (χ1v) is 8.63. The Bertz CT molecular complexity index is 706. The zero-order valence-corrected chi connectivity index (χ0v) is 13.9. The molecule has 2 aromatic rings. The molecule has 0 fully saturated rings. The van der Waals surface area contributed by atoms with Gasteiger partial charge in [-0.3, -0.25) is 4.79 Å². The van der Waals surface area contributed by atoms with E-state index in [1.54, 1.807) is 24.3 Å². The van der Waals surface area contributed by atoms with Crippen molar-refractivity contribution < 1.29 is 13.6 Å². The molecule has 0 unspecified atom stereocenters. The van der Waals surface area contributed by atoms with Gasteiger partial charge in [0.05, 0.1) is 6.54 Å². The molecule has 6 heteroatoms. The van der Waals surface area contributed by atoms with Crippen molar-refractivity contribution in [3.63, 3.8) is 0 Å². The molecule has 1 N–H and O–H groups in total. The summed E-state index contributed by atoms with van der Waals surface area (Å²) in [6, 6.07) is 14.8. The van der Waals surface area contributed by atoms with Gasteiger partial charge in [-0.1, -0.05) is 36.0 Å². The summed E-state index contributed by atoms with van der Waals surface area (Å²) < 4.78 is 24.6. The van der Waals surface area contributed by atoms with E-state index in [0.29, 0.717) is 23.2 Å². The summed E-state index contributed by atoms with van der Waals surface area (Å²) in [6.07, 6.45) is 0.876. The number of hydrogen-bond acceptors (Lipinski definition) is 3. The highest BCUT2D eigenvalue weighted by molar-refractivity contribution is 7.99. The normalized spacial score (nSPS) is 13.7. The van der Waals surface area contributed by atoms with E-state index >= 15 is 0 Å². The second-order valence-corrected chi connectivity index (χ2v) is 6.65. The van der Waals surface area contributed by atoms with Crippen LogP contribution in [-0.2, 0) is 17.8 Å². The van der Waals surface area contributed by atoms with E-state index in [0.717, 1.165) is 18.7 Å². The Morgan fingerprint density at radius 2 is 1.83 bits per heavy atom. The van der Waals surface area contributed by atoms with E-state index in [4.69, 9.17) is 0 Å². The molecule has 0 atom stereocenters. The number of rotatable bonds is 5. The molecular weight excluding hydrogens is 330 g/mol. The maximum atomic E-state index is 12.4. The average molecular weight is 348 g/mol. The Hall–Kier alpha value is -2.08. The number of hydrogen-bond donors (Lipinski definition) is 1. The Balaban J connectivity index is 1.53. The molecule has 0 saturated carbocycles. The Kier molecular flexibility index (Phi) is 5.35. The minimum Gasteiger partial charge on any atom is -0.376 e. The van der Waals surface area contributed by atoms with Crippen molar-refractivity contribution in [1.29, 1.82) is 0 Å². The minimum atomic E-state index is -2.42. The van der Waals surface area contributed by atoms with Gasteiger partial charge in [-0.25, -0.2) is 0 Å². The van der Waals surface area contributed by atoms with Crippen molar-refractivity contribution in [2.45, 2.75) is 23.6 Å². The first kappa shape index (κ1) is 16.8. The van der Waals surface area contributed by atoms with Crippen LogP contribution >= 0.6 is 11.8 Å². The lowest BCUT2D eigenvalue weighted by atomic mass is 10.00. The van der Waals surface area contributed by atoms with E-state index in [1.165, 1.54) is 11.1 Å². The summed E-state index contributed by atoms with van der Waals surface area (Å²) in [4.78, 5) is 14.7. The maximum absolute atomic E-state index is 12.4. The second kappa shape index (κ2) is 7.66. The van der Waals surface area contributed by atoms with Gasteiger partial charge in [-0.15, -0.1) is 0 Å². The minimum absolute atomic E-state index is 0.0375. The van der Waals surface area contributed by atoms with E-state index < -0.39 is 5.76 Å². The van der Waals surface area contributed by atoms with Crippen molar-refractivity contribution in [3.8, 4) is 0 Å². The average Bonchev–Trinajstić information content (AvgIpc) is 2.60. The molecule has 126 valence electrons. The van der Waals surface area contributed by atoms with Crippen LogP contribution in [0.4, 0.5) is 14.5 Å². The SMILES string of the molecule is O=C(CNc1ccc(SC(F)F)cc1)N1CCc2ccccc2C1. The van der Waals surface area contributed by atoms with Crippen LogP contribution in [0.2, 0.25) is 0 Å². The highest BCUT2D eigenvalue weighted by atomic mass is 32.2. The van der Waals surface area contributed by atoms with Crippen molar-refractivity contribution in [3.05, 3.63) is 59.7 Å². The predicted octanol–water partition coefficient (Wildman–Crippen LogP) is 4.00. The second-order valence-electron chi connectivity index (χ2n) is 5.59. The maximum Gasteiger partial charge on any atom is 0.288 e. The summed E-state index contributed by atoms with van der Waals surface area (Å²) in [7, 11) is 0. The number of thioether (sulfide) groups is 1. The van der Waals surface area contributed by atoms with Crippen LogP contribution in [0.3, 0.4) is 0 Å². The molecule has 1 amide bonds. The lowest BCUT2D eigenvalue weighted by Gasteiger charge is -2.29. The van der Waals surface area contributed by atoms with Gasteiger partial charge < -0.3 is 10.2 Å². The highest BCUT2D eigenvalue weighted by Crippen LogP contribution is 2.26. The number of anilines is 1. The summed E-state index contributed by atoms with van der Waals surface area (Å²) in [5, 5.41) is 3.06.